The Hall–Kier alpha value is -5.02. The highest BCUT2D eigenvalue weighted by Gasteiger charge is 2.23. The Labute approximate surface area is 339 Å². The molecule has 1 amide bonds. The van der Waals surface area contributed by atoms with Crippen LogP contribution in [0.25, 0.3) is 5.57 Å². The molecule has 0 saturated heterocycles. The molecule has 1 aliphatic rings. The molecule has 0 saturated carbocycles. The summed E-state index contributed by atoms with van der Waals surface area (Å²) >= 11 is 11.4. The Morgan fingerprint density at radius 3 is 2.49 bits per heavy atom. The molecule has 10 heteroatoms. The number of carboxylic acid groups (broad SMARTS) is 1. The van der Waals surface area contributed by atoms with Gasteiger partial charge in [0.15, 0.2) is 0 Å². The number of ether oxygens (including phenoxy) is 1. The Balaban J connectivity index is 0.00000454. The zero-order valence-electron chi connectivity index (χ0n) is 33.3. The standard InChI is InChI=1S/C40H51ClN4O4.C3H5Cl.C2H2/c1-8-11-24-45-26-37(30(6)31(7)41)43-38(45)36(44-39(46)34-17-13-16-33(25-42)20-21-34)23-19-28(4)18-22-35(10-3)49-27-32(9-2)15-12-14-29(5)40(47)48;1-2-3-4;1-2/h9-10,12-14,16-18,20,22,26,29,36H,3,8,11,15,19,21,23-24,27H2,1-2,4-7H3,(H,44,46)(H,47,48);2H,1,3H2;1-2H/b14-12-,28-18+,31-30-,32-9+,35-22+;;. The molecule has 0 radical (unpaired) electrons. The van der Waals surface area contributed by atoms with Crippen LogP contribution in [-0.2, 0) is 20.9 Å². The summed E-state index contributed by atoms with van der Waals surface area (Å²) in [5.41, 5.74) is 4.87. The van der Waals surface area contributed by atoms with Crippen LogP contribution in [-0.4, -0.2) is 39.0 Å². The number of nitrogens with zero attached hydrogens (tertiary/aromatic N) is 3. The molecule has 2 atom stereocenters. The lowest BCUT2D eigenvalue weighted by Gasteiger charge is -2.21. The summed E-state index contributed by atoms with van der Waals surface area (Å²) in [6.45, 7) is 19.9. The van der Waals surface area contributed by atoms with E-state index in [1.807, 2.05) is 58.2 Å². The number of terminal acetylenes is 1. The van der Waals surface area contributed by atoms with E-state index in [9.17, 15) is 14.9 Å². The fourth-order valence-electron chi connectivity index (χ4n) is 4.76. The van der Waals surface area contributed by atoms with Gasteiger partial charge in [0.05, 0.1) is 23.7 Å². The van der Waals surface area contributed by atoms with Crippen molar-refractivity contribution >= 4 is 40.7 Å². The van der Waals surface area contributed by atoms with Gasteiger partial charge in [-0.05, 0) is 96.1 Å². The van der Waals surface area contributed by atoms with Crippen LogP contribution in [0, 0.1) is 30.1 Å². The Kier molecular flexibility index (Phi) is 26.7. The van der Waals surface area contributed by atoms with Gasteiger partial charge in [0.2, 0.25) is 5.91 Å². The van der Waals surface area contributed by atoms with Gasteiger partial charge in [-0.3, -0.25) is 9.59 Å². The van der Waals surface area contributed by atoms with Crippen LogP contribution < -0.4 is 5.32 Å². The predicted octanol–water partition coefficient (Wildman–Crippen LogP) is 11.3. The lowest BCUT2D eigenvalue weighted by molar-refractivity contribution is -0.139. The Morgan fingerprint density at radius 1 is 1.24 bits per heavy atom. The van der Waals surface area contributed by atoms with Gasteiger partial charge in [-0.25, -0.2) is 4.98 Å². The zero-order chi connectivity index (χ0) is 41.8. The number of aromatic nitrogens is 2. The number of aliphatic carboxylic acids is 1. The van der Waals surface area contributed by atoms with Crippen molar-refractivity contribution in [3.05, 3.63) is 131 Å². The number of allylic oxidation sites excluding steroid dienone is 14. The van der Waals surface area contributed by atoms with Gasteiger partial charge < -0.3 is 19.7 Å². The smallest absolute Gasteiger partial charge is 0.310 e. The van der Waals surface area contributed by atoms with Crippen LogP contribution in [0.2, 0.25) is 0 Å². The normalized spacial score (nSPS) is 14.6. The lowest BCUT2D eigenvalue weighted by Crippen LogP contribution is -2.31. The minimum absolute atomic E-state index is 0.201. The van der Waals surface area contributed by atoms with Gasteiger partial charge in [0.1, 0.15) is 18.2 Å². The fraction of sp³-hybridized carbons (Fsp3) is 0.378. The second kappa shape index (κ2) is 29.4. The average Bonchev–Trinajstić information content (AvgIpc) is 3.46. The third kappa shape index (κ3) is 19.8. The number of alkyl halides is 1. The first-order valence-electron chi connectivity index (χ1n) is 18.2. The van der Waals surface area contributed by atoms with Crippen molar-refractivity contribution in [2.75, 3.05) is 12.5 Å². The number of hydrogen-bond donors (Lipinski definition) is 2. The number of unbranched alkanes of at least 4 members (excludes halogenated alkanes) is 1. The number of nitrogens with one attached hydrogen (secondary N) is 1. The molecule has 0 aromatic carbocycles. The van der Waals surface area contributed by atoms with Crippen molar-refractivity contribution in [1.82, 2.24) is 14.9 Å². The van der Waals surface area contributed by atoms with Crippen molar-refractivity contribution in [1.29, 1.82) is 5.26 Å². The second-order valence-corrected chi connectivity index (χ2v) is 13.4. The summed E-state index contributed by atoms with van der Waals surface area (Å²) in [5, 5.41) is 22.3. The SMILES string of the molecule is C#C.C=C/C(=C\C=C(/C)CCC(NC(=O)C1=CC=CC(C#N)=CC1)c1nc(/C(C)=C(/C)Cl)cn1CCCC)OC/C(=C/C)C/C=C\C(C)C(=O)O.C=CCCl. The number of carbonyl (C=O) groups excluding carboxylic acids is 1. The largest absolute Gasteiger partial charge is 0.489 e. The molecule has 0 bridgehead atoms. The minimum Gasteiger partial charge on any atom is -0.489 e. The fourth-order valence-corrected chi connectivity index (χ4v) is 4.86. The molecular formula is C45H58Cl2N4O4. The molecular weight excluding hydrogens is 731 g/mol. The van der Waals surface area contributed by atoms with Crippen LogP contribution in [0.15, 0.2) is 119 Å². The van der Waals surface area contributed by atoms with E-state index in [2.05, 4.69) is 48.9 Å². The monoisotopic (exact) mass is 788 g/mol. The van der Waals surface area contributed by atoms with E-state index in [0.29, 0.717) is 60.1 Å². The van der Waals surface area contributed by atoms with Crippen LogP contribution in [0.5, 0.6) is 0 Å². The number of aryl methyl sites for hydroxylation is 1. The predicted molar refractivity (Wildman–Crippen MR) is 230 cm³/mol. The molecule has 2 rings (SSSR count). The van der Waals surface area contributed by atoms with Gasteiger partial charge in [-0.1, -0.05) is 85.7 Å². The van der Waals surface area contributed by atoms with E-state index in [4.69, 9.17) is 38.0 Å². The summed E-state index contributed by atoms with van der Waals surface area (Å²) in [5.74, 6) is 0.343. The molecule has 8 nitrogen and oxygen atoms in total. The third-order valence-corrected chi connectivity index (χ3v) is 8.81. The number of halogens is 2. The van der Waals surface area contributed by atoms with E-state index in [1.165, 1.54) is 0 Å². The van der Waals surface area contributed by atoms with Crippen molar-refractivity contribution in [3.63, 3.8) is 0 Å². The van der Waals surface area contributed by atoms with Crippen molar-refractivity contribution in [2.45, 2.75) is 92.7 Å². The highest BCUT2D eigenvalue weighted by Crippen LogP contribution is 2.27. The minimum atomic E-state index is -0.857. The number of imidazole rings is 1. The zero-order valence-corrected chi connectivity index (χ0v) is 34.8. The van der Waals surface area contributed by atoms with E-state index in [-0.39, 0.29) is 11.9 Å². The molecule has 0 fully saturated rings. The highest BCUT2D eigenvalue weighted by atomic mass is 35.5. The van der Waals surface area contributed by atoms with Crippen LogP contribution in [0.4, 0.5) is 0 Å². The van der Waals surface area contributed by atoms with E-state index < -0.39 is 11.9 Å². The van der Waals surface area contributed by atoms with Crippen molar-refractivity contribution in [3.8, 4) is 18.9 Å². The van der Waals surface area contributed by atoms with Gasteiger partial charge >= 0.3 is 5.97 Å². The third-order valence-electron chi connectivity index (χ3n) is 8.31. The lowest BCUT2D eigenvalue weighted by atomic mass is 10.0. The first kappa shape index (κ1) is 50.0. The molecule has 296 valence electrons. The van der Waals surface area contributed by atoms with Gasteiger partial charge in [-0.2, -0.15) is 5.26 Å². The molecule has 1 heterocycles. The molecule has 55 heavy (non-hydrogen) atoms. The van der Waals surface area contributed by atoms with Gasteiger partial charge in [0.25, 0.3) is 0 Å². The molecule has 2 unspecified atom stereocenters. The van der Waals surface area contributed by atoms with Crippen LogP contribution in [0.3, 0.4) is 0 Å². The van der Waals surface area contributed by atoms with Crippen LogP contribution in [0.1, 0.15) is 97.6 Å². The van der Waals surface area contributed by atoms with E-state index >= 15 is 0 Å². The maximum Gasteiger partial charge on any atom is 0.310 e. The quantitative estimate of drug-likeness (QED) is 0.0447. The average molecular weight is 790 g/mol. The van der Waals surface area contributed by atoms with Crippen LogP contribution >= 0.6 is 23.2 Å². The summed E-state index contributed by atoms with van der Waals surface area (Å²) in [7, 11) is 0. The molecule has 0 aliphatic heterocycles. The van der Waals surface area contributed by atoms with Crippen molar-refractivity contribution in [2.24, 2.45) is 5.92 Å². The molecule has 0 spiro atoms. The highest BCUT2D eigenvalue weighted by molar-refractivity contribution is 6.32. The first-order valence-corrected chi connectivity index (χ1v) is 19.1. The second-order valence-electron chi connectivity index (χ2n) is 12.5. The maximum atomic E-state index is 13.6. The van der Waals surface area contributed by atoms with Gasteiger partial charge in [0, 0.05) is 34.8 Å². The van der Waals surface area contributed by atoms with E-state index in [0.717, 1.165) is 47.6 Å². The topological polar surface area (TPSA) is 117 Å². The summed E-state index contributed by atoms with van der Waals surface area (Å²) < 4.78 is 8.12. The van der Waals surface area contributed by atoms with Crippen molar-refractivity contribution < 1.29 is 19.4 Å². The number of carboxylic acids is 1. The number of nitriles is 1. The number of hydrogen-bond acceptors (Lipinski definition) is 5. The molecule has 2 N–H and O–H groups in total. The summed E-state index contributed by atoms with van der Waals surface area (Å²) in [6, 6.07) is 1.76. The van der Waals surface area contributed by atoms with Gasteiger partial charge in [-0.15, -0.1) is 31.0 Å². The Bertz CT molecular complexity index is 1740. The number of carbonyl (C=O) groups is 2. The molecule has 1 aromatic rings. The summed E-state index contributed by atoms with van der Waals surface area (Å²) in [4.78, 5) is 29.7. The summed E-state index contributed by atoms with van der Waals surface area (Å²) in [6.07, 6.45) is 33.8. The van der Waals surface area contributed by atoms with E-state index in [1.54, 1.807) is 49.5 Å². The first-order chi connectivity index (χ1) is 26.3. The number of rotatable bonds is 20. The number of amides is 1. The maximum absolute atomic E-state index is 13.6. The Morgan fingerprint density at radius 2 is 1.93 bits per heavy atom. The molecule has 1 aliphatic carbocycles. The molecule has 1 aromatic heterocycles.